The second-order valence-corrected chi connectivity index (χ2v) is 9.89. The zero-order valence-corrected chi connectivity index (χ0v) is 20.9. The largest absolute Gasteiger partial charge is 0.497 e. The first-order valence-corrected chi connectivity index (χ1v) is 12.2. The van der Waals surface area contributed by atoms with Crippen molar-refractivity contribution in [2.75, 3.05) is 21.3 Å². The Labute approximate surface area is 202 Å². The molecule has 0 unspecified atom stereocenters. The number of carbonyl (C=O) groups is 1. The van der Waals surface area contributed by atoms with Crippen LogP contribution in [-0.4, -0.2) is 40.0 Å². The maximum absolute atomic E-state index is 13.7. The summed E-state index contributed by atoms with van der Waals surface area (Å²) in [6.45, 7) is 0.254. The van der Waals surface area contributed by atoms with Crippen molar-refractivity contribution in [1.29, 1.82) is 0 Å². The van der Waals surface area contributed by atoms with Crippen LogP contribution < -0.4 is 9.47 Å². The average Bonchev–Trinajstić information content (AvgIpc) is 2.84. The van der Waals surface area contributed by atoms with Gasteiger partial charge >= 0.3 is 5.97 Å². The second-order valence-electron chi connectivity index (χ2n) is 7.10. The van der Waals surface area contributed by atoms with Crippen LogP contribution in [-0.2, 0) is 27.8 Å². The second kappa shape index (κ2) is 10.8. The molecule has 0 bridgehead atoms. The van der Waals surface area contributed by atoms with Gasteiger partial charge in [0.15, 0.2) is 0 Å². The van der Waals surface area contributed by atoms with Crippen molar-refractivity contribution in [1.82, 2.24) is 4.31 Å². The van der Waals surface area contributed by atoms with Crippen molar-refractivity contribution in [3.63, 3.8) is 0 Å². The number of benzene rings is 3. The SMILES string of the molecule is COC(=O)c1cc(S(=O)(=O)N(Cc2ccc(OC)cc2)Cc2ccc(OC)cc2)ccc1Br. The number of hydrogen-bond donors (Lipinski definition) is 0. The lowest BCUT2D eigenvalue weighted by Crippen LogP contribution is -2.30. The maximum atomic E-state index is 13.7. The predicted molar refractivity (Wildman–Crippen MR) is 128 cm³/mol. The smallest absolute Gasteiger partial charge is 0.339 e. The molecule has 3 rings (SSSR count). The minimum Gasteiger partial charge on any atom is -0.497 e. The normalized spacial score (nSPS) is 11.3. The lowest BCUT2D eigenvalue weighted by atomic mass is 10.2. The van der Waals surface area contributed by atoms with Crippen LogP contribution in [0.5, 0.6) is 11.5 Å². The molecular weight excluding hydrogens is 510 g/mol. The van der Waals surface area contributed by atoms with Gasteiger partial charge in [0.2, 0.25) is 10.0 Å². The summed E-state index contributed by atoms with van der Waals surface area (Å²) in [5.41, 5.74) is 1.71. The first-order valence-electron chi connectivity index (χ1n) is 9.92. The molecule has 0 fully saturated rings. The van der Waals surface area contributed by atoms with E-state index >= 15 is 0 Å². The van der Waals surface area contributed by atoms with Crippen molar-refractivity contribution < 1.29 is 27.4 Å². The number of rotatable bonds is 9. The van der Waals surface area contributed by atoms with Gasteiger partial charge in [-0.2, -0.15) is 4.31 Å². The fourth-order valence-electron chi connectivity index (χ4n) is 3.18. The van der Waals surface area contributed by atoms with Crippen LogP contribution in [0.2, 0.25) is 0 Å². The molecule has 33 heavy (non-hydrogen) atoms. The highest BCUT2D eigenvalue weighted by molar-refractivity contribution is 9.10. The summed E-state index contributed by atoms with van der Waals surface area (Å²) in [5, 5.41) is 0. The van der Waals surface area contributed by atoms with E-state index in [9.17, 15) is 13.2 Å². The topological polar surface area (TPSA) is 82.1 Å². The number of sulfonamides is 1. The number of ether oxygens (including phenoxy) is 3. The zero-order chi connectivity index (χ0) is 24.0. The molecule has 0 saturated heterocycles. The standard InChI is InChI=1S/C24H24BrNO6S/c1-30-19-8-4-17(5-9-19)15-26(16-18-6-10-20(31-2)11-7-18)33(28,29)21-12-13-23(25)22(14-21)24(27)32-3/h4-14H,15-16H2,1-3H3. The van der Waals surface area contributed by atoms with E-state index < -0.39 is 16.0 Å². The lowest BCUT2D eigenvalue weighted by molar-refractivity contribution is 0.0599. The van der Waals surface area contributed by atoms with Gasteiger partial charge in [0, 0.05) is 17.6 Å². The third-order valence-electron chi connectivity index (χ3n) is 5.02. The molecule has 0 radical (unpaired) electrons. The van der Waals surface area contributed by atoms with Gasteiger partial charge in [-0.25, -0.2) is 13.2 Å². The van der Waals surface area contributed by atoms with Gasteiger partial charge in [-0.1, -0.05) is 24.3 Å². The summed E-state index contributed by atoms with van der Waals surface area (Å²) in [4.78, 5) is 12.1. The van der Waals surface area contributed by atoms with Crippen LogP contribution in [0, 0.1) is 0 Å². The number of esters is 1. The highest BCUT2D eigenvalue weighted by atomic mass is 79.9. The van der Waals surface area contributed by atoms with Crippen molar-refractivity contribution in [2.45, 2.75) is 18.0 Å². The fraction of sp³-hybridized carbons (Fsp3) is 0.208. The maximum Gasteiger partial charge on any atom is 0.339 e. The van der Waals surface area contributed by atoms with Crippen LogP contribution >= 0.6 is 15.9 Å². The molecule has 3 aromatic rings. The zero-order valence-electron chi connectivity index (χ0n) is 18.4. The first kappa shape index (κ1) is 24.8. The molecule has 0 N–H and O–H groups in total. The molecule has 7 nitrogen and oxygen atoms in total. The van der Waals surface area contributed by atoms with Gasteiger partial charge in [0.1, 0.15) is 11.5 Å². The van der Waals surface area contributed by atoms with Crippen LogP contribution in [0.15, 0.2) is 76.1 Å². The molecule has 0 aromatic heterocycles. The molecule has 9 heteroatoms. The van der Waals surface area contributed by atoms with Crippen molar-refractivity contribution >= 4 is 31.9 Å². The Morgan fingerprint density at radius 1 is 0.818 bits per heavy atom. The Balaban J connectivity index is 2.01. The number of methoxy groups -OCH3 is 3. The van der Waals surface area contributed by atoms with Gasteiger partial charge in [-0.3, -0.25) is 0 Å². The molecule has 0 aliphatic heterocycles. The lowest BCUT2D eigenvalue weighted by Gasteiger charge is -2.23. The third kappa shape index (κ3) is 5.93. The molecule has 0 aliphatic rings. The summed E-state index contributed by atoms with van der Waals surface area (Å²) in [5.74, 6) is 0.730. The molecule has 0 aliphatic carbocycles. The van der Waals surface area contributed by atoms with E-state index in [2.05, 4.69) is 15.9 Å². The Morgan fingerprint density at radius 3 is 1.73 bits per heavy atom. The Hall–Kier alpha value is -2.88. The molecule has 0 amide bonds. The fourth-order valence-corrected chi connectivity index (χ4v) is 5.03. The van der Waals surface area contributed by atoms with Gasteiger partial charge in [0.25, 0.3) is 0 Å². The summed E-state index contributed by atoms with van der Waals surface area (Å²) < 4.78 is 44.3. The van der Waals surface area contributed by atoms with E-state index in [1.165, 1.54) is 29.6 Å². The summed E-state index contributed by atoms with van der Waals surface area (Å²) in [6.07, 6.45) is 0. The number of hydrogen-bond acceptors (Lipinski definition) is 6. The Morgan fingerprint density at radius 2 is 1.30 bits per heavy atom. The molecule has 3 aromatic carbocycles. The summed E-state index contributed by atoms with van der Waals surface area (Å²) in [6, 6.07) is 18.7. The minimum atomic E-state index is -3.97. The Kier molecular flexibility index (Phi) is 8.12. The van der Waals surface area contributed by atoms with Gasteiger partial charge in [-0.05, 0) is 69.5 Å². The van der Waals surface area contributed by atoms with Crippen molar-refractivity contribution in [3.05, 3.63) is 87.9 Å². The quantitative estimate of drug-likeness (QED) is 0.372. The van der Waals surface area contributed by atoms with E-state index in [4.69, 9.17) is 14.2 Å². The van der Waals surface area contributed by atoms with Crippen LogP contribution in [0.1, 0.15) is 21.5 Å². The van der Waals surface area contributed by atoms with Crippen LogP contribution in [0.3, 0.4) is 0 Å². The van der Waals surface area contributed by atoms with E-state index in [1.807, 2.05) is 24.3 Å². The van der Waals surface area contributed by atoms with E-state index in [-0.39, 0.29) is 23.5 Å². The minimum absolute atomic E-state index is 0.00637. The van der Waals surface area contributed by atoms with Gasteiger partial charge in [-0.15, -0.1) is 0 Å². The predicted octanol–water partition coefficient (Wildman–Crippen LogP) is 4.64. The van der Waals surface area contributed by atoms with Crippen LogP contribution in [0.25, 0.3) is 0 Å². The van der Waals surface area contributed by atoms with E-state index in [0.29, 0.717) is 16.0 Å². The van der Waals surface area contributed by atoms with Crippen molar-refractivity contribution in [2.24, 2.45) is 0 Å². The molecule has 0 heterocycles. The van der Waals surface area contributed by atoms with E-state index in [0.717, 1.165) is 11.1 Å². The molecular formula is C24H24BrNO6S. The highest BCUT2D eigenvalue weighted by Gasteiger charge is 2.27. The first-order chi connectivity index (χ1) is 15.8. The van der Waals surface area contributed by atoms with Gasteiger partial charge < -0.3 is 14.2 Å². The molecule has 0 spiro atoms. The van der Waals surface area contributed by atoms with E-state index in [1.54, 1.807) is 38.5 Å². The summed E-state index contributed by atoms with van der Waals surface area (Å²) in [7, 11) is 0.421. The Bertz CT molecular complexity index is 1160. The molecule has 0 saturated carbocycles. The molecule has 0 atom stereocenters. The highest BCUT2D eigenvalue weighted by Crippen LogP contribution is 2.27. The third-order valence-corrected chi connectivity index (χ3v) is 7.50. The summed E-state index contributed by atoms with van der Waals surface area (Å²) >= 11 is 3.28. The molecule has 174 valence electrons. The monoisotopic (exact) mass is 533 g/mol. The number of nitrogens with zero attached hydrogens (tertiary/aromatic N) is 1. The van der Waals surface area contributed by atoms with Crippen molar-refractivity contribution in [3.8, 4) is 11.5 Å². The average molecular weight is 534 g/mol. The number of carbonyl (C=O) groups excluding carboxylic acids is 1. The van der Waals surface area contributed by atoms with Gasteiger partial charge in [0.05, 0.1) is 31.8 Å². The van der Waals surface area contributed by atoms with Crippen LogP contribution in [0.4, 0.5) is 0 Å². The number of halogens is 1.